The Bertz CT molecular complexity index is 915. The van der Waals surface area contributed by atoms with Crippen molar-refractivity contribution in [2.45, 2.75) is 11.8 Å². The van der Waals surface area contributed by atoms with Crippen LogP contribution in [-0.2, 0) is 14.6 Å². The molecule has 24 heavy (non-hydrogen) atoms. The van der Waals surface area contributed by atoms with Gasteiger partial charge < -0.3 is 10.6 Å². The van der Waals surface area contributed by atoms with Gasteiger partial charge in [-0.2, -0.15) is 4.99 Å². The molecule has 0 radical (unpaired) electrons. The van der Waals surface area contributed by atoms with Gasteiger partial charge in [0.15, 0.2) is 9.84 Å². The van der Waals surface area contributed by atoms with E-state index in [9.17, 15) is 18.0 Å². The molecule has 124 valence electrons. The summed E-state index contributed by atoms with van der Waals surface area (Å²) in [7, 11) is -3.28. The molecule has 0 saturated heterocycles. The predicted molar refractivity (Wildman–Crippen MR) is 91.2 cm³/mol. The molecule has 0 bridgehead atoms. The maximum atomic E-state index is 12.0. The van der Waals surface area contributed by atoms with E-state index in [1.807, 2.05) is 0 Å². The van der Waals surface area contributed by atoms with E-state index in [-0.39, 0.29) is 4.90 Å². The minimum Gasteiger partial charge on any atom is -0.308 e. The molecule has 0 aliphatic heterocycles. The van der Waals surface area contributed by atoms with E-state index in [4.69, 9.17) is 0 Å². The van der Waals surface area contributed by atoms with E-state index in [0.29, 0.717) is 17.1 Å². The van der Waals surface area contributed by atoms with E-state index >= 15 is 0 Å². The number of amides is 2. The first kappa shape index (κ1) is 17.4. The number of isocyanates is 1. The second kappa shape index (κ2) is 7.08. The van der Waals surface area contributed by atoms with Crippen LogP contribution in [0.15, 0.2) is 52.4 Å². The van der Waals surface area contributed by atoms with E-state index in [2.05, 4.69) is 15.6 Å². The van der Waals surface area contributed by atoms with Crippen LogP contribution < -0.4 is 10.6 Å². The zero-order chi connectivity index (χ0) is 17.7. The van der Waals surface area contributed by atoms with Gasteiger partial charge in [0, 0.05) is 17.6 Å². The van der Waals surface area contributed by atoms with Gasteiger partial charge in [-0.05, 0) is 48.9 Å². The fraction of sp³-hybridized carbons (Fsp3) is 0.125. The Kier molecular flexibility index (Phi) is 5.13. The predicted octanol–water partition coefficient (Wildman–Crippen LogP) is 3.01. The lowest BCUT2D eigenvalue weighted by molar-refractivity contribution is 0.262. The molecule has 0 aromatic heterocycles. The lowest BCUT2D eigenvalue weighted by Crippen LogP contribution is -2.19. The Labute approximate surface area is 139 Å². The van der Waals surface area contributed by atoms with Gasteiger partial charge in [-0.3, -0.25) is 0 Å². The van der Waals surface area contributed by atoms with Gasteiger partial charge in [-0.1, -0.05) is 6.07 Å². The number of rotatable bonds is 4. The number of hydrogen-bond donors (Lipinski definition) is 2. The largest absolute Gasteiger partial charge is 0.323 e. The first-order valence-corrected chi connectivity index (χ1v) is 8.75. The van der Waals surface area contributed by atoms with Gasteiger partial charge in [0.2, 0.25) is 6.08 Å². The number of aliphatic imine (C=N–C) groups is 1. The van der Waals surface area contributed by atoms with Gasteiger partial charge in [0.25, 0.3) is 0 Å². The lowest BCUT2D eigenvalue weighted by Gasteiger charge is -2.09. The molecule has 2 N–H and O–H groups in total. The van der Waals surface area contributed by atoms with Crippen LogP contribution in [0, 0.1) is 6.92 Å². The van der Waals surface area contributed by atoms with Crippen molar-refractivity contribution >= 4 is 39.0 Å². The van der Waals surface area contributed by atoms with E-state index < -0.39 is 15.9 Å². The van der Waals surface area contributed by atoms with Crippen LogP contribution in [-0.4, -0.2) is 26.8 Å². The van der Waals surface area contributed by atoms with Crippen LogP contribution in [0.25, 0.3) is 0 Å². The molecule has 0 unspecified atom stereocenters. The van der Waals surface area contributed by atoms with E-state index in [0.717, 1.165) is 11.8 Å². The van der Waals surface area contributed by atoms with Gasteiger partial charge in [-0.25, -0.2) is 18.0 Å². The number of aryl methyl sites for hydroxylation is 1. The Balaban J connectivity index is 2.08. The second-order valence-electron chi connectivity index (χ2n) is 5.08. The third kappa shape index (κ3) is 4.52. The van der Waals surface area contributed by atoms with Crippen molar-refractivity contribution in [1.29, 1.82) is 0 Å². The minimum absolute atomic E-state index is 0.170. The molecule has 0 aliphatic rings. The quantitative estimate of drug-likeness (QED) is 0.656. The maximum Gasteiger partial charge on any atom is 0.323 e. The Morgan fingerprint density at radius 2 is 1.62 bits per heavy atom. The highest BCUT2D eigenvalue weighted by Crippen LogP contribution is 2.23. The van der Waals surface area contributed by atoms with Crippen LogP contribution in [0.2, 0.25) is 0 Å². The summed E-state index contributed by atoms with van der Waals surface area (Å²) < 4.78 is 22.8. The molecule has 0 spiro atoms. The number of benzene rings is 2. The van der Waals surface area contributed by atoms with Crippen LogP contribution in [0.3, 0.4) is 0 Å². The summed E-state index contributed by atoms with van der Waals surface area (Å²) in [5.74, 6) is 0. The summed E-state index contributed by atoms with van der Waals surface area (Å²) in [6.07, 6.45) is 2.57. The standard InChI is InChI=1S/C16H15N3O4S/c1-11-3-4-13(9-15(11)17-10-20)19-16(21)18-12-5-7-14(8-6-12)24(2,22)23/h3-9H,1-2H3,(H2,18,19,21). The zero-order valence-electron chi connectivity index (χ0n) is 13.0. The number of nitrogens with one attached hydrogen (secondary N) is 2. The molecular formula is C16H15N3O4S. The summed E-state index contributed by atoms with van der Waals surface area (Å²) in [6, 6.07) is 10.2. The van der Waals surface area contributed by atoms with Crippen molar-refractivity contribution in [3.63, 3.8) is 0 Å². The molecule has 8 heteroatoms. The number of sulfone groups is 1. The number of nitrogens with zero attached hydrogens (tertiary/aromatic N) is 1. The number of carbonyl (C=O) groups is 1. The molecule has 0 fully saturated rings. The topological polar surface area (TPSA) is 105 Å². The molecular weight excluding hydrogens is 330 g/mol. The lowest BCUT2D eigenvalue weighted by atomic mass is 10.2. The molecule has 2 aromatic carbocycles. The first-order chi connectivity index (χ1) is 11.3. The zero-order valence-corrected chi connectivity index (χ0v) is 13.8. The summed E-state index contributed by atoms with van der Waals surface area (Å²) in [4.78, 5) is 26.1. The average molecular weight is 345 g/mol. The summed E-state index contributed by atoms with van der Waals surface area (Å²) >= 11 is 0. The second-order valence-corrected chi connectivity index (χ2v) is 7.10. The number of hydrogen-bond acceptors (Lipinski definition) is 5. The van der Waals surface area contributed by atoms with E-state index in [1.165, 1.54) is 30.3 Å². The average Bonchev–Trinajstić information content (AvgIpc) is 2.50. The highest BCUT2D eigenvalue weighted by atomic mass is 32.2. The third-order valence-corrected chi connectivity index (χ3v) is 4.30. The number of urea groups is 1. The fourth-order valence-corrected chi connectivity index (χ4v) is 2.57. The van der Waals surface area contributed by atoms with Crippen molar-refractivity contribution in [2.75, 3.05) is 16.9 Å². The van der Waals surface area contributed by atoms with Gasteiger partial charge in [-0.15, -0.1) is 0 Å². The fourth-order valence-electron chi connectivity index (χ4n) is 1.94. The molecule has 2 rings (SSSR count). The highest BCUT2D eigenvalue weighted by molar-refractivity contribution is 7.90. The molecule has 7 nitrogen and oxygen atoms in total. The smallest absolute Gasteiger partial charge is 0.308 e. The van der Waals surface area contributed by atoms with Crippen molar-refractivity contribution < 1.29 is 18.0 Å². The molecule has 0 heterocycles. The van der Waals surface area contributed by atoms with Crippen molar-refractivity contribution in [1.82, 2.24) is 0 Å². The summed E-state index contributed by atoms with van der Waals surface area (Å²) in [5, 5.41) is 5.19. The summed E-state index contributed by atoms with van der Waals surface area (Å²) in [5.41, 5.74) is 2.10. The molecule has 0 aliphatic carbocycles. The Morgan fingerprint density at radius 1 is 1.04 bits per heavy atom. The number of anilines is 2. The monoisotopic (exact) mass is 345 g/mol. The van der Waals surface area contributed by atoms with Crippen LogP contribution in [0.5, 0.6) is 0 Å². The van der Waals surface area contributed by atoms with Crippen molar-refractivity contribution in [3.05, 3.63) is 48.0 Å². The molecule has 2 amide bonds. The molecule has 2 aromatic rings. The highest BCUT2D eigenvalue weighted by Gasteiger charge is 2.08. The normalized spacial score (nSPS) is 10.6. The Morgan fingerprint density at radius 3 is 2.21 bits per heavy atom. The van der Waals surface area contributed by atoms with Crippen molar-refractivity contribution in [2.24, 2.45) is 4.99 Å². The van der Waals surface area contributed by atoms with Crippen molar-refractivity contribution in [3.8, 4) is 0 Å². The Hall–Kier alpha value is -2.96. The number of carbonyl (C=O) groups excluding carboxylic acids is 2. The van der Waals surface area contributed by atoms with Gasteiger partial charge in [0.1, 0.15) is 0 Å². The van der Waals surface area contributed by atoms with E-state index in [1.54, 1.807) is 25.1 Å². The maximum absolute atomic E-state index is 12.0. The van der Waals surface area contributed by atoms with Crippen LogP contribution in [0.4, 0.5) is 21.9 Å². The summed E-state index contributed by atoms with van der Waals surface area (Å²) in [6.45, 7) is 1.78. The van der Waals surface area contributed by atoms with Gasteiger partial charge in [0.05, 0.1) is 10.6 Å². The molecule has 0 atom stereocenters. The SMILES string of the molecule is Cc1ccc(NC(=O)Nc2ccc(S(C)(=O)=O)cc2)cc1N=C=O. The van der Waals surface area contributed by atoms with Crippen LogP contribution in [0.1, 0.15) is 5.56 Å². The van der Waals surface area contributed by atoms with Crippen LogP contribution >= 0.6 is 0 Å². The first-order valence-electron chi connectivity index (χ1n) is 6.86. The molecule has 0 saturated carbocycles. The third-order valence-electron chi connectivity index (χ3n) is 3.17. The minimum atomic E-state index is -3.28. The van der Waals surface area contributed by atoms with Gasteiger partial charge >= 0.3 is 6.03 Å².